The van der Waals surface area contributed by atoms with E-state index in [1.807, 2.05) is 29.6 Å². The van der Waals surface area contributed by atoms with Crippen LogP contribution < -0.4 is 0 Å². The van der Waals surface area contributed by atoms with Crippen molar-refractivity contribution in [3.63, 3.8) is 0 Å². The highest BCUT2D eigenvalue weighted by atomic mass is 32.1. The number of hydrogen-bond acceptors (Lipinski definition) is 2. The zero-order valence-electron chi connectivity index (χ0n) is 6.86. The molecule has 0 aliphatic carbocycles. The fourth-order valence-corrected chi connectivity index (χ4v) is 1.75. The summed E-state index contributed by atoms with van der Waals surface area (Å²) in [4.78, 5) is 10.5. The summed E-state index contributed by atoms with van der Waals surface area (Å²) in [5.41, 5.74) is 2.80. The van der Waals surface area contributed by atoms with Crippen molar-refractivity contribution < 1.29 is 4.79 Å². The van der Waals surface area contributed by atoms with Crippen molar-refractivity contribution in [1.29, 1.82) is 0 Å². The number of carbonyl (C=O) groups excluding carboxylic acids is 1. The van der Waals surface area contributed by atoms with Gasteiger partial charge in [0.2, 0.25) is 0 Å². The number of rotatable bonds is 2. The fraction of sp³-hybridized carbons (Fsp3) is 0. The molecule has 1 radical (unpaired) electrons. The lowest BCUT2D eigenvalue weighted by molar-refractivity contribution is 0.112. The van der Waals surface area contributed by atoms with Gasteiger partial charge in [0.05, 0.1) is 5.38 Å². The Hall–Kier alpha value is -1.41. The number of thiophene rings is 1. The maximum absolute atomic E-state index is 10.5. The van der Waals surface area contributed by atoms with Crippen molar-refractivity contribution in [3.8, 4) is 11.1 Å². The molecule has 63 valence electrons. The standard InChI is InChI=1S/C11H7OS/c12-7-9-2-1-3-10(6-9)11-4-5-13-8-11/h1-7H. The third-order valence-electron chi connectivity index (χ3n) is 1.81. The first-order valence-corrected chi connectivity index (χ1v) is 4.79. The van der Waals surface area contributed by atoms with Crippen LogP contribution in [0.3, 0.4) is 0 Å². The molecule has 0 aliphatic heterocycles. The Morgan fingerprint density at radius 2 is 2.23 bits per heavy atom. The first kappa shape index (κ1) is 8.20. The molecular weight excluding hydrogens is 180 g/mol. The molecule has 0 saturated heterocycles. The number of aldehydes is 1. The minimum Gasteiger partial charge on any atom is -0.298 e. The third kappa shape index (κ3) is 1.68. The van der Waals surface area contributed by atoms with Gasteiger partial charge in [-0.05, 0) is 23.1 Å². The van der Waals surface area contributed by atoms with E-state index < -0.39 is 0 Å². The van der Waals surface area contributed by atoms with Gasteiger partial charge in [-0.1, -0.05) is 18.2 Å². The zero-order chi connectivity index (χ0) is 9.10. The lowest BCUT2D eigenvalue weighted by Gasteiger charge is -1.96. The lowest BCUT2D eigenvalue weighted by Crippen LogP contribution is -1.80. The number of benzene rings is 1. The Bertz CT molecular complexity index is 404. The summed E-state index contributed by atoms with van der Waals surface area (Å²) in [5, 5.41) is 5.11. The van der Waals surface area contributed by atoms with Crippen LogP contribution in [-0.4, -0.2) is 6.29 Å². The molecule has 0 saturated carbocycles. The second-order valence-corrected chi connectivity index (χ2v) is 3.39. The molecule has 0 aliphatic rings. The molecule has 1 heterocycles. The van der Waals surface area contributed by atoms with Crippen LogP contribution in [0, 0.1) is 5.38 Å². The Morgan fingerprint density at radius 3 is 2.92 bits per heavy atom. The van der Waals surface area contributed by atoms with E-state index in [2.05, 4.69) is 5.38 Å². The number of carbonyl (C=O) groups is 1. The summed E-state index contributed by atoms with van der Waals surface area (Å²) in [6.07, 6.45) is 0.857. The van der Waals surface area contributed by atoms with E-state index in [9.17, 15) is 4.79 Å². The predicted octanol–water partition coefficient (Wildman–Crippen LogP) is 3.03. The molecule has 0 amide bonds. The average Bonchev–Trinajstić information content (AvgIpc) is 2.71. The average molecular weight is 187 g/mol. The third-order valence-corrected chi connectivity index (χ3v) is 2.42. The van der Waals surface area contributed by atoms with Crippen LogP contribution in [0.15, 0.2) is 35.7 Å². The van der Waals surface area contributed by atoms with Crippen molar-refractivity contribution in [1.82, 2.24) is 0 Å². The van der Waals surface area contributed by atoms with Crippen molar-refractivity contribution in [2.24, 2.45) is 0 Å². The largest absolute Gasteiger partial charge is 0.298 e. The molecule has 1 aromatic carbocycles. The van der Waals surface area contributed by atoms with Crippen LogP contribution in [0.5, 0.6) is 0 Å². The van der Waals surface area contributed by atoms with E-state index in [1.54, 1.807) is 6.07 Å². The molecule has 2 rings (SSSR count). The Morgan fingerprint density at radius 1 is 1.31 bits per heavy atom. The van der Waals surface area contributed by atoms with Gasteiger partial charge in [0.25, 0.3) is 0 Å². The molecule has 2 heteroatoms. The summed E-state index contributed by atoms with van der Waals surface area (Å²) in [6.45, 7) is 0. The van der Waals surface area contributed by atoms with Gasteiger partial charge in [0.15, 0.2) is 0 Å². The van der Waals surface area contributed by atoms with E-state index in [0.29, 0.717) is 5.56 Å². The monoisotopic (exact) mass is 187 g/mol. The van der Waals surface area contributed by atoms with Gasteiger partial charge in [-0.15, -0.1) is 11.3 Å². The molecule has 1 aromatic heterocycles. The molecular formula is C11H7OS. The first-order chi connectivity index (χ1) is 6.40. The molecule has 0 bridgehead atoms. The molecule has 1 nitrogen and oxygen atoms in total. The van der Waals surface area contributed by atoms with Gasteiger partial charge in [-0.2, -0.15) is 0 Å². The van der Waals surface area contributed by atoms with Crippen LogP contribution >= 0.6 is 11.3 Å². The summed E-state index contributed by atoms with van der Waals surface area (Å²) >= 11 is 1.53. The molecule has 0 atom stereocenters. The highest BCUT2D eigenvalue weighted by Gasteiger charge is 1.98. The maximum atomic E-state index is 10.5. The quantitative estimate of drug-likeness (QED) is 0.660. The van der Waals surface area contributed by atoms with E-state index in [-0.39, 0.29) is 0 Å². The molecule has 0 spiro atoms. The van der Waals surface area contributed by atoms with Crippen molar-refractivity contribution in [2.75, 3.05) is 0 Å². The van der Waals surface area contributed by atoms with E-state index >= 15 is 0 Å². The van der Waals surface area contributed by atoms with E-state index in [0.717, 1.165) is 17.4 Å². The van der Waals surface area contributed by atoms with Crippen LogP contribution in [0.2, 0.25) is 0 Å². The van der Waals surface area contributed by atoms with Crippen molar-refractivity contribution in [2.45, 2.75) is 0 Å². The van der Waals surface area contributed by atoms with Crippen molar-refractivity contribution >= 4 is 17.6 Å². The summed E-state index contributed by atoms with van der Waals surface area (Å²) in [5.74, 6) is 0. The molecule has 2 aromatic rings. The van der Waals surface area contributed by atoms with Gasteiger partial charge < -0.3 is 0 Å². The van der Waals surface area contributed by atoms with Crippen LogP contribution in [0.1, 0.15) is 10.4 Å². The number of hydrogen-bond donors (Lipinski definition) is 0. The second-order valence-electron chi connectivity index (χ2n) is 2.68. The Kier molecular flexibility index (Phi) is 2.23. The van der Waals surface area contributed by atoms with Crippen LogP contribution in [0.25, 0.3) is 11.1 Å². The topological polar surface area (TPSA) is 17.1 Å². The zero-order valence-corrected chi connectivity index (χ0v) is 7.67. The van der Waals surface area contributed by atoms with Crippen LogP contribution in [0.4, 0.5) is 0 Å². The predicted molar refractivity (Wildman–Crippen MR) is 54.0 cm³/mol. The minimum atomic E-state index is 0.706. The van der Waals surface area contributed by atoms with Gasteiger partial charge in [-0.25, -0.2) is 0 Å². The summed E-state index contributed by atoms with van der Waals surface area (Å²) in [7, 11) is 0. The molecule has 0 unspecified atom stereocenters. The lowest BCUT2D eigenvalue weighted by atomic mass is 10.1. The maximum Gasteiger partial charge on any atom is 0.150 e. The highest BCUT2D eigenvalue weighted by molar-refractivity contribution is 7.07. The van der Waals surface area contributed by atoms with E-state index in [1.165, 1.54) is 11.3 Å². The minimum absolute atomic E-state index is 0.706. The van der Waals surface area contributed by atoms with Crippen LogP contribution in [-0.2, 0) is 0 Å². The molecule has 0 fully saturated rings. The van der Waals surface area contributed by atoms with Gasteiger partial charge >= 0.3 is 0 Å². The SMILES string of the molecule is O=Cc1cccc(-c2[c]scc2)c1. The first-order valence-electron chi connectivity index (χ1n) is 3.91. The Labute approximate surface area is 80.7 Å². The summed E-state index contributed by atoms with van der Waals surface area (Å²) < 4.78 is 0. The Balaban J connectivity index is 2.47. The van der Waals surface area contributed by atoms with Gasteiger partial charge in [0.1, 0.15) is 6.29 Å². The van der Waals surface area contributed by atoms with Gasteiger partial charge in [-0.3, -0.25) is 4.79 Å². The second kappa shape index (κ2) is 3.54. The molecule has 13 heavy (non-hydrogen) atoms. The van der Waals surface area contributed by atoms with Crippen molar-refractivity contribution in [3.05, 3.63) is 46.7 Å². The fourth-order valence-electron chi connectivity index (χ4n) is 1.17. The van der Waals surface area contributed by atoms with E-state index in [4.69, 9.17) is 0 Å². The highest BCUT2D eigenvalue weighted by Crippen LogP contribution is 2.21. The normalized spacial score (nSPS) is 9.85. The summed E-state index contributed by atoms with van der Waals surface area (Å²) in [6, 6.07) is 9.51. The smallest absolute Gasteiger partial charge is 0.150 e. The van der Waals surface area contributed by atoms with Gasteiger partial charge in [0, 0.05) is 11.1 Å². The molecule has 0 N–H and O–H groups in total.